The van der Waals surface area contributed by atoms with E-state index in [0.717, 1.165) is 0 Å². The lowest BCUT2D eigenvalue weighted by Crippen LogP contribution is -2.05. The maximum Gasteiger partial charge on any atom is 0.251 e. The van der Waals surface area contributed by atoms with Crippen molar-refractivity contribution in [3.05, 3.63) is 36.3 Å². The Kier molecular flexibility index (Phi) is 2.89. The number of hydrogen-bond acceptors (Lipinski definition) is 2. The van der Waals surface area contributed by atoms with E-state index in [1.807, 2.05) is 0 Å². The smallest absolute Gasteiger partial charge is 0.251 e. The molecule has 70 valence electrons. The van der Waals surface area contributed by atoms with Crippen LogP contribution in [0.5, 0.6) is 0 Å². The predicted octanol–water partition coefficient (Wildman–Crippen LogP) is 2.10. The predicted molar refractivity (Wildman–Crippen MR) is 42.8 cm³/mol. The van der Waals surface area contributed by atoms with Crippen molar-refractivity contribution in [2.24, 2.45) is 0 Å². The Morgan fingerprint density at radius 1 is 1.38 bits per heavy atom. The summed E-state index contributed by atoms with van der Waals surface area (Å²) in [7, 11) is 0. The van der Waals surface area contributed by atoms with E-state index in [2.05, 4.69) is 16.9 Å². The first kappa shape index (κ1) is 9.57. The molecule has 0 amide bonds. The number of nitrogens with zero attached hydrogens (tertiary/aromatic N) is 1. The topological polar surface area (TPSA) is 24.9 Å². The summed E-state index contributed by atoms with van der Waals surface area (Å²) in [5.74, 6) is -3.88. The van der Waals surface area contributed by atoms with Crippen LogP contribution in [0, 0.1) is 17.6 Å². The number of pyridine rings is 1. The molecule has 0 saturated carbocycles. The van der Waals surface area contributed by atoms with Gasteiger partial charge in [0.2, 0.25) is 0 Å². The number of rotatable bonds is 3. The minimum absolute atomic E-state index is 0.231. The number of nitrogens with one attached hydrogen (secondary N) is 1. The zero-order chi connectivity index (χ0) is 9.84. The van der Waals surface area contributed by atoms with Crippen LogP contribution in [0.15, 0.2) is 18.7 Å². The number of hydrogen-bond donors (Lipinski definition) is 1. The van der Waals surface area contributed by atoms with Gasteiger partial charge in [-0.2, -0.15) is 9.37 Å². The summed E-state index contributed by atoms with van der Waals surface area (Å²) in [4.78, 5) is 3.03. The van der Waals surface area contributed by atoms with Gasteiger partial charge in [-0.1, -0.05) is 6.08 Å². The number of anilines is 1. The van der Waals surface area contributed by atoms with Crippen molar-refractivity contribution in [2.45, 2.75) is 0 Å². The molecule has 0 aromatic carbocycles. The van der Waals surface area contributed by atoms with Gasteiger partial charge in [-0.15, -0.1) is 6.58 Å². The molecule has 0 unspecified atom stereocenters. The molecule has 1 heterocycles. The van der Waals surface area contributed by atoms with Gasteiger partial charge >= 0.3 is 0 Å². The molecule has 0 aliphatic rings. The molecule has 5 heteroatoms. The van der Waals surface area contributed by atoms with E-state index < -0.39 is 17.6 Å². The first-order valence-corrected chi connectivity index (χ1v) is 3.51. The summed E-state index contributed by atoms with van der Waals surface area (Å²) >= 11 is 0. The van der Waals surface area contributed by atoms with Gasteiger partial charge in [0.05, 0.1) is 0 Å². The van der Waals surface area contributed by atoms with Crippen molar-refractivity contribution < 1.29 is 13.2 Å². The molecule has 0 fully saturated rings. The zero-order valence-electron chi connectivity index (χ0n) is 6.65. The second kappa shape index (κ2) is 3.93. The van der Waals surface area contributed by atoms with E-state index in [-0.39, 0.29) is 12.4 Å². The fourth-order valence-corrected chi connectivity index (χ4v) is 0.737. The Balaban J connectivity index is 2.94. The Morgan fingerprint density at radius 2 is 2.08 bits per heavy atom. The molecular weight excluding hydrogens is 181 g/mol. The van der Waals surface area contributed by atoms with E-state index in [1.165, 1.54) is 6.08 Å². The van der Waals surface area contributed by atoms with Crippen molar-refractivity contribution in [3.8, 4) is 0 Å². The van der Waals surface area contributed by atoms with Crippen molar-refractivity contribution in [3.63, 3.8) is 0 Å². The highest BCUT2D eigenvalue weighted by Crippen LogP contribution is 2.13. The zero-order valence-corrected chi connectivity index (χ0v) is 6.65. The molecule has 1 aromatic heterocycles. The van der Waals surface area contributed by atoms with E-state index in [1.54, 1.807) is 0 Å². The standard InChI is InChI=1S/C8H7F3N2/c1-2-3-12-8-6(10)4-5(9)7(11)13-8/h2,4H,1,3H2,(H,12,13). The van der Waals surface area contributed by atoms with Crippen LogP contribution >= 0.6 is 0 Å². The molecule has 1 N–H and O–H groups in total. The summed E-state index contributed by atoms with van der Waals surface area (Å²) in [5, 5.41) is 2.42. The van der Waals surface area contributed by atoms with Gasteiger partial charge in [0, 0.05) is 12.6 Å². The van der Waals surface area contributed by atoms with Crippen LogP contribution in [0.3, 0.4) is 0 Å². The molecule has 2 nitrogen and oxygen atoms in total. The summed E-state index contributed by atoms with van der Waals surface area (Å²) in [6, 6.07) is 0.438. The molecular formula is C8H7F3N2. The average molecular weight is 188 g/mol. The van der Waals surface area contributed by atoms with Gasteiger partial charge < -0.3 is 5.32 Å². The van der Waals surface area contributed by atoms with Crippen molar-refractivity contribution in [1.82, 2.24) is 4.98 Å². The molecule has 0 aliphatic carbocycles. The van der Waals surface area contributed by atoms with E-state index in [9.17, 15) is 13.2 Å². The lowest BCUT2D eigenvalue weighted by molar-refractivity contribution is 0.466. The third-order valence-corrected chi connectivity index (χ3v) is 1.30. The molecule has 0 atom stereocenters. The van der Waals surface area contributed by atoms with Gasteiger partial charge in [0.15, 0.2) is 17.5 Å². The van der Waals surface area contributed by atoms with E-state index >= 15 is 0 Å². The van der Waals surface area contributed by atoms with E-state index in [0.29, 0.717) is 6.07 Å². The van der Waals surface area contributed by atoms with Crippen LogP contribution in [0.25, 0.3) is 0 Å². The lowest BCUT2D eigenvalue weighted by atomic mass is 10.4. The molecule has 0 aliphatic heterocycles. The molecule has 0 radical (unpaired) electrons. The highest BCUT2D eigenvalue weighted by atomic mass is 19.2. The van der Waals surface area contributed by atoms with Gasteiger partial charge in [-0.05, 0) is 0 Å². The molecule has 0 spiro atoms. The van der Waals surface area contributed by atoms with Crippen molar-refractivity contribution in [1.29, 1.82) is 0 Å². The SMILES string of the molecule is C=CCNc1nc(F)c(F)cc1F. The molecule has 1 aromatic rings. The fourth-order valence-electron chi connectivity index (χ4n) is 0.737. The largest absolute Gasteiger partial charge is 0.364 e. The van der Waals surface area contributed by atoms with Crippen LogP contribution in [0.2, 0.25) is 0 Å². The highest BCUT2D eigenvalue weighted by Gasteiger charge is 2.10. The normalized spacial score (nSPS) is 9.77. The fraction of sp³-hybridized carbons (Fsp3) is 0.125. The van der Waals surface area contributed by atoms with Gasteiger partial charge in [-0.3, -0.25) is 0 Å². The van der Waals surface area contributed by atoms with Crippen LogP contribution in [-0.2, 0) is 0 Å². The Hall–Kier alpha value is -1.52. The van der Waals surface area contributed by atoms with Crippen molar-refractivity contribution in [2.75, 3.05) is 11.9 Å². The first-order chi connectivity index (χ1) is 6.15. The van der Waals surface area contributed by atoms with Gasteiger partial charge in [0.25, 0.3) is 5.95 Å². The monoisotopic (exact) mass is 188 g/mol. The number of halogens is 3. The van der Waals surface area contributed by atoms with Gasteiger partial charge in [0.1, 0.15) is 0 Å². The van der Waals surface area contributed by atoms with Crippen LogP contribution < -0.4 is 5.32 Å². The molecule has 1 rings (SSSR count). The first-order valence-electron chi connectivity index (χ1n) is 3.51. The van der Waals surface area contributed by atoms with Gasteiger partial charge in [-0.25, -0.2) is 8.78 Å². The summed E-state index contributed by atoms with van der Waals surface area (Å²) in [6.07, 6.45) is 1.45. The maximum atomic E-state index is 12.8. The molecule has 13 heavy (non-hydrogen) atoms. The minimum atomic E-state index is -1.33. The number of aromatic nitrogens is 1. The Morgan fingerprint density at radius 3 is 2.69 bits per heavy atom. The molecule has 0 bridgehead atoms. The van der Waals surface area contributed by atoms with Crippen LogP contribution in [0.1, 0.15) is 0 Å². The summed E-state index contributed by atoms with van der Waals surface area (Å²) < 4.78 is 37.6. The lowest BCUT2D eigenvalue weighted by Gasteiger charge is -2.03. The third-order valence-electron chi connectivity index (χ3n) is 1.30. The van der Waals surface area contributed by atoms with Crippen LogP contribution in [-0.4, -0.2) is 11.5 Å². The van der Waals surface area contributed by atoms with E-state index in [4.69, 9.17) is 0 Å². The second-order valence-electron chi connectivity index (χ2n) is 2.26. The van der Waals surface area contributed by atoms with Crippen LogP contribution in [0.4, 0.5) is 19.0 Å². The minimum Gasteiger partial charge on any atom is -0.364 e. The molecule has 0 saturated heterocycles. The quantitative estimate of drug-likeness (QED) is 0.580. The Bertz CT molecular complexity index is 325. The average Bonchev–Trinajstić information content (AvgIpc) is 2.09. The highest BCUT2D eigenvalue weighted by molar-refractivity contribution is 5.36. The maximum absolute atomic E-state index is 12.8. The second-order valence-corrected chi connectivity index (χ2v) is 2.26. The summed E-state index contributed by atoms with van der Waals surface area (Å²) in [5.41, 5.74) is 0. The third kappa shape index (κ3) is 2.21. The summed E-state index contributed by atoms with van der Waals surface area (Å²) in [6.45, 7) is 3.60. The Labute approximate surface area is 73.1 Å². The van der Waals surface area contributed by atoms with Crippen molar-refractivity contribution >= 4 is 5.82 Å².